The van der Waals surface area contributed by atoms with Crippen molar-refractivity contribution >= 4 is 29.2 Å². The minimum atomic E-state index is -1.63. The van der Waals surface area contributed by atoms with Gasteiger partial charge >= 0.3 is 100 Å². The van der Waals surface area contributed by atoms with E-state index in [2.05, 4.69) is 14.8 Å². The van der Waals surface area contributed by atoms with Crippen LogP contribution in [0.3, 0.4) is 0 Å². The SMILES string of the molecule is [CH3][Sn]([CH3])([CH3])[CH2]CCS(=O)c1ccccc1. The summed E-state index contributed by atoms with van der Waals surface area (Å²) in [5.41, 5.74) is 0. The van der Waals surface area contributed by atoms with Crippen LogP contribution >= 0.6 is 0 Å². The van der Waals surface area contributed by atoms with Crippen LogP contribution < -0.4 is 0 Å². The molecule has 84 valence electrons. The Morgan fingerprint density at radius 1 is 1.13 bits per heavy atom. The molecule has 1 aromatic carbocycles. The van der Waals surface area contributed by atoms with Gasteiger partial charge in [-0.05, 0) is 0 Å². The molecule has 1 atom stereocenters. The monoisotopic (exact) mass is 332 g/mol. The molecule has 15 heavy (non-hydrogen) atoms. The van der Waals surface area contributed by atoms with Gasteiger partial charge in [0.1, 0.15) is 0 Å². The summed E-state index contributed by atoms with van der Waals surface area (Å²) in [6.45, 7) is 0. The molecule has 3 heteroatoms. The molecular formula is C12H20OSSn. The van der Waals surface area contributed by atoms with E-state index in [0.717, 1.165) is 17.1 Å². The van der Waals surface area contributed by atoms with Crippen molar-refractivity contribution in [1.82, 2.24) is 0 Å². The van der Waals surface area contributed by atoms with Crippen molar-refractivity contribution in [3.05, 3.63) is 30.3 Å². The van der Waals surface area contributed by atoms with Gasteiger partial charge in [-0.15, -0.1) is 0 Å². The van der Waals surface area contributed by atoms with Gasteiger partial charge in [-0.25, -0.2) is 0 Å². The molecule has 0 aliphatic carbocycles. The van der Waals surface area contributed by atoms with Gasteiger partial charge in [-0.2, -0.15) is 0 Å². The van der Waals surface area contributed by atoms with Gasteiger partial charge in [0.2, 0.25) is 0 Å². The van der Waals surface area contributed by atoms with Crippen molar-refractivity contribution in [2.24, 2.45) is 0 Å². The molecule has 0 saturated carbocycles. The molecule has 1 rings (SSSR count). The van der Waals surface area contributed by atoms with Crippen LogP contribution in [-0.4, -0.2) is 28.3 Å². The van der Waals surface area contributed by atoms with Crippen LogP contribution in [0.25, 0.3) is 0 Å². The number of benzene rings is 1. The molecule has 0 saturated heterocycles. The fourth-order valence-corrected chi connectivity index (χ4v) is 6.79. The second kappa shape index (κ2) is 6.04. The molecule has 0 bridgehead atoms. The third-order valence-electron chi connectivity index (χ3n) is 2.26. The molecule has 1 aromatic rings. The summed E-state index contributed by atoms with van der Waals surface area (Å²) in [6.07, 6.45) is 1.13. The van der Waals surface area contributed by atoms with Crippen molar-refractivity contribution in [2.75, 3.05) is 5.75 Å². The van der Waals surface area contributed by atoms with E-state index in [1.54, 1.807) is 0 Å². The summed E-state index contributed by atoms with van der Waals surface area (Å²) < 4.78 is 13.2. The van der Waals surface area contributed by atoms with Crippen molar-refractivity contribution in [1.29, 1.82) is 0 Å². The van der Waals surface area contributed by atoms with Crippen molar-refractivity contribution in [3.63, 3.8) is 0 Å². The Labute approximate surface area is 99.6 Å². The average Bonchev–Trinajstić information content (AvgIpc) is 2.17. The van der Waals surface area contributed by atoms with Gasteiger partial charge in [0.15, 0.2) is 0 Å². The molecule has 1 unspecified atom stereocenters. The standard InChI is InChI=1S/C9H11OS.3CH3.Sn/c1-2-8-11(10)9-6-4-3-5-7-9;;;;/h3-7H,1-2,8H2;3*1H3;. The van der Waals surface area contributed by atoms with E-state index in [4.69, 9.17) is 0 Å². The first-order valence-corrected chi connectivity index (χ1v) is 17.3. The zero-order valence-corrected chi connectivity index (χ0v) is 13.5. The topological polar surface area (TPSA) is 17.1 Å². The second-order valence-electron chi connectivity index (χ2n) is 5.03. The number of rotatable bonds is 5. The van der Waals surface area contributed by atoms with E-state index >= 15 is 0 Å². The molecule has 0 aliphatic heterocycles. The zero-order valence-electron chi connectivity index (χ0n) is 9.82. The van der Waals surface area contributed by atoms with Gasteiger partial charge in [-0.1, -0.05) is 0 Å². The molecular weight excluding hydrogens is 311 g/mol. The van der Waals surface area contributed by atoms with Gasteiger partial charge < -0.3 is 0 Å². The third-order valence-corrected chi connectivity index (χ3v) is 9.01. The van der Waals surface area contributed by atoms with Crippen LogP contribution in [0.5, 0.6) is 0 Å². The Morgan fingerprint density at radius 2 is 1.73 bits per heavy atom. The molecule has 0 amide bonds. The van der Waals surface area contributed by atoms with Gasteiger partial charge in [0.25, 0.3) is 0 Å². The molecule has 0 aliphatic rings. The first-order chi connectivity index (χ1) is 6.99. The van der Waals surface area contributed by atoms with E-state index < -0.39 is 29.2 Å². The third kappa shape index (κ3) is 5.71. The van der Waals surface area contributed by atoms with Crippen LogP contribution in [0.1, 0.15) is 6.42 Å². The summed E-state index contributed by atoms with van der Waals surface area (Å²) in [6, 6.07) is 9.78. The number of hydrogen-bond acceptors (Lipinski definition) is 1. The van der Waals surface area contributed by atoms with Crippen LogP contribution in [0.15, 0.2) is 35.2 Å². The molecule has 1 nitrogen and oxygen atoms in total. The van der Waals surface area contributed by atoms with E-state index in [1.165, 1.54) is 4.44 Å². The Morgan fingerprint density at radius 3 is 2.27 bits per heavy atom. The Bertz CT molecular complexity index is 316. The Balaban J connectivity index is 2.38. The zero-order chi connectivity index (χ0) is 11.3. The Kier molecular flexibility index (Phi) is 5.33. The van der Waals surface area contributed by atoms with E-state index in [0.29, 0.717) is 0 Å². The first-order valence-electron chi connectivity index (χ1n) is 5.42. The minimum absolute atomic E-state index is 0.785. The molecule has 0 fully saturated rings. The molecule has 0 radical (unpaired) electrons. The quantitative estimate of drug-likeness (QED) is 0.755. The summed E-state index contributed by atoms with van der Waals surface area (Å²) >= 11 is -1.63. The van der Waals surface area contributed by atoms with Gasteiger partial charge in [0, 0.05) is 0 Å². The molecule has 0 spiro atoms. The van der Waals surface area contributed by atoms with Crippen LogP contribution in [0.2, 0.25) is 19.3 Å². The van der Waals surface area contributed by atoms with E-state index in [-0.39, 0.29) is 0 Å². The fraction of sp³-hybridized carbons (Fsp3) is 0.500. The summed E-state index contributed by atoms with van der Waals surface area (Å²) in [4.78, 5) is 8.27. The predicted molar refractivity (Wildman–Crippen MR) is 70.5 cm³/mol. The summed E-state index contributed by atoms with van der Waals surface area (Å²) in [5.74, 6) is 0.832. The molecule has 0 aromatic heterocycles. The van der Waals surface area contributed by atoms with E-state index in [9.17, 15) is 4.21 Å². The molecule has 0 heterocycles. The van der Waals surface area contributed by atoms with Crippen LogP contribution in [0, 0.1) is 0 Å². The van der Waals surface area contributed by atoms with Gasteiger partial charge in [-0.3, -0.25) is 0 Å². The predicted octanol–water partition coefficient (Wildman–Crippen LogP) is 3.52. The van der Waals surface area contributed by atoms with Crippen LogP contribution in [-0.2, 0) is 10.8 Å². The number of hydrogen-bond donors (Lipinski definition) is 0. The van der Waals surface area contributed by atoms with E-state index in [1.807, 2.05) is 30.3 Å². The fourth-order valence-electron chi connectivity index (χ4n) is 1.42. The van der Waals surface area contributed by atoms with Crippen LogP contribution in [0.4, 0.5) is 0 Å². The Hall–Kier alpha value is 0.169. The van der Waals surface area contributed by atoms with Crippen molar-refractivity contribution < 1.29 is 4.21 Å². The van der Waals surface area contributed by atoms with Crippen molar-refractivity contribution in [3.8, 4) is 0 Å². The van der Waals surface area contributed by atoms with Crippen molar-refractivity contribution in [2.45, 2.75) is 30.6 Å². The summed E-state index contributed by atoms with van der Waals surface area (Å²) in [5, 5.41) is 0. The first kappa shape index (κ1) is 13.2. The second-order valence-corrected chi connectivity index (χ2v) is 22.6. The van der Waals surface area contributed by atoms with Gasteiger partial charge in [0.05, 0.1) is 0 Å². The maximum atomic E-state index is 11.9. The molecule has 0 N–H and O–H groups in total. The normalized spacial score (nSPS) is 13.8. The maximum absolute atomic E-state index is 11.9. The summed E-state index contributed by atoms with van der Waals surface area (Å²) in [7, 11) is -0.785. The average molecular weight is 331 g/mol.